The Balaban J connectivity index is 1.54. The summed E-state index contributed by atoms with van der Waals surface area (Å²) in [5.74, 6) is 1.58. The number of allylic oxidation sites excluding steroid dienone is 2. The van der Waals surface area contributed by atoms with Crippen LogP contribution in [0.25, 0.3) is 0 Å². The molecule has 0 amide bonds. The van der Waals surface area contributed by atoms with E-state index < -0.39 is 0 Å². The van der Waals surface area contributed by atoms with Crippen molar-refractivity contribution in [2.75, 3.05) is 0 Å². The fourth-order valence-corrected chi connectivity index (χ4v) is 4.42. The number of benzene rings is 1. The zero-order valence-corrected chi connectivity index (χ0v) is 17.5. The zero-order chi connectivity index (χ0) is 19.2. The Kier molecular flexibility index (Phi) is 10.9. The lowest BCUT2D eigenvalue weighted by Gasteiger charge is -2.26. The Morgan fingerprint density at radius 3 is 2.04 bits per heavy atom. The van der Waals surface area contributed by atoms with Crippen molar-refractivity contribution in [2.24, 2.45) is 11.8 Å². The molecule has 1 aromatic carbocycles. The summed E-state index contributed by atoms with van der Waals surface area (Å²) in [6.45, 7) is 2.28. The van der Waals surface area contributed by atoms with E-state index in [9.17, 15) is 0 Å². The van der Waals surface area contributed by atoms with E-state index in [1.54, 1.807) is 6.08 Å². The molecular formula is C26H39N. The van der Waals surface area contributed by atoms with E-state index >= 15 is 0 Å². The molecule has 2 rings (SSSR count). The van der Waals surface area contributed by atoms with Crippen LogP contribution in [0.4, 0.5) is 0 Å². The van der Waals surface area contributed by atoms with Crippen LogP contribution in [0.2, 0.25) is 0 Å². The van der Waals surface area contributed by atoms with Crippen LogP contribution in [0.3, 0.4) is 0 Å². The number of nitriles is 1. The predicted octanol–water partition coefficient (Wildman–Crippen LogP) is 7.80. The van der Waals surface area contributed by atoms with Crippen molar-refractivity contribution in [1.29, 1.82) is 5.26 Å². The summed E-state index contributed by atoms with van der Waals surface area (Å²) in [5.41, 5.74) is 3.02. The average Bonchev–Trinajstić information content (AvgIpc) is 2.71. The number of nitrogens with zero attached hydrogens (tertiary/aromatic N) is 1. The van der Waals surface area contributed by atoms with Gasteiger partial charge < -0.3 is 0 Å². The van der Waals surface area contributed by atoms with E-state index in [0.717, 1.165) is 5.92 Å². The van der Waals surface area contributed by atoms with Gasteiger partial charge >= 0.3 is 0 Å². The van der Waals surface area contributed by atoms with Crippen LogP contribution in [-0.2, 0) is 12.8 Å². The standard InChI is InChI=1S/C26H39N/c1-2-3-4-5-6-10-23-14-16-24(17-15-23)11-7-8-12-25-18-20-26(21-19-25)13-9-22-27/h9,13-17,25-26H,2-8,10-12,18-21H2,1H3/b13-9+/t25-,26-. The lowest BCUT2D eigenvalue weighted by atomic mass is 9.79. The number of aryl methyl sites for hydroxylation is 2. The first-order chi connectivity index (χ1) is 13.3. The number of unbranched alkanes of at least 4 members (excludes halogenated alkanes) is 5. The van der Waals surface area contributed by atoms with E-state index in [0.29, 0.717) is 5.92 Å². The maximum absolute atomic E-state index is 8.63. The molecule has 0 saturated heterocycles. The van der Waals surface area contributed by atoms with Gasteiger partial charge in [-0.05, 0) is 74.3 Å². The molecule has 0 spiro atoms. The highest BCUT2D eigenvalue weighted by Crippen LogP contribution is 2.32. The molecule has 1 heteroatoms. The van der Waals surface area contributed by atoms with Crippen molar-refractivity contribution >= 4 is 0 Å². The summed E-state index contributed by atoms with van der Waals surface area (Å²) in [6.07, 6.45) is 22.5. The van der Waals surface area contributed by atoms with Gasteiger partial charge in [-0.1, -0.05) is 75.8 Å². The smallest absolute Gasteiger partial charge is 0.0908 e. The Bertz CT molecular complexity index is 555. The van der Waals surface area contributed by atoms with Gasteiger partial charge in [-0.2, -0.15) is 5.26 Å². The molecule has 0 aromatic heterocycles. The minimum absolute atomic E-state index is 0.658. The Morgan fingerprint density at radius 1 is 0.852 bits per heavy atom. The Morgan fingerprint density at radius 2 is 1.44 bits per heavy atom. The summed E-state index contributed by atoms with van der Waals surface area (Å²) in [7, 11) is 0. The summed E-state index contributed by atoms with van der Waals surface area (Å²) in [6, 6.07) is 11.5. The summed E-state index contributed by atoms with van der Waals surface area (Å²) in [5, 5.41) is 8.63. The third-order valence-corrected chi connectivity index (χ3v) is 6.25. The van der Waals surface area contributed by atoms with Gasteiger partial charge in [0.05, 0.1) is 6.07 Å². The van der Waals surface area contributed by atoms with E-state index in [1.165, 1.54) is 101 Å². The Hall–Kier alpha value is -1.55. The van der Waals surface area contributed by atoms with Crippen LogP contribution in [0.1, 0.15) is 95.1 Å². The topological polar surface area (TPSA) is 23.8 Å². The van der Waals surface area contributed by atoms with Crippen LogP contribution in [-0.4, -0.2) is 0 Å². The first-order valence-electron chi connectivity index (χ1n) is 11.5. The van der Waals surface area contributed by atoms with Crippen molar-refractivity contribution in [1.82, 2.24) is 0 Å². The molecule has 1 aromatic rings. The molecule has 1 saturated carbocycles. The molecule has 148 valence electrons. The number of rotatable bonds is 12. The van der Waals surface area contributed by atoms with Gasteiger partial charge in [0.25, 0.3) is 0 Å². The first-order valence-corrected chi connectivity index (χ1v) is 11.5. The predicted molar refractivity (Wildman–Crippen MR) is 117 cm³/mol. The molecule has 0 atom stereocenters. The van der Waals surface area contributed by atoms with E-state index in [2.05, 4.69) is 43.3 Å². The molecule has 0 N–H and O–H groups in total. The molecule has 0 aliphatic heterocycles. The molecule has 1 aliphatic carbocycles. The van der Waals surface area contributed by atoms with Gasteiger partial charge in [-0.3, -0.25) is 0 Å². The molecule has 0 heterocycles. The molecule has 1 aliphatic rings. The molecular weight excluding hydrogens is 326 g/mol. The van der Waals surface area contributed by atoms with Crippen LogP contribution in [0.5, 0.6) is 0 Å². The second-order valence-corrected chi connectivity index (χ2v) is 8.50. The monoisotopic (exact) mass is 365 g/mol. The lowest BCUT2D eigenvalue weighted by Crippen LogP contribution is -2.13. The molecule has 0 radical (unpaired) electrons. The van der Waals surface area contributed by atoms with Crippen molar-refractivity contribution < 1.29 is 0 Å². The quantitative estimate of drug-likeness (QED) is 0.274. The number of hydrogen-bond donors (Lipinski definition) is 0. The van der Waals surface area contributed by atoms with Crippen molar-refractivity contribution in [3.05, 3.63) is 47.5 Å². The second-order valence-electron chi connectivity index (χ2n) is 8.50. The molecule has 1 nitrogen and oxygen atoms in total. The van der Waals surface area contributed by atoms with Crippen molar-refractivity contribution in [3.8, 4) is 6.07 Å². The highest BCUT2D eigenvalue weighted by molar-refractivity contribution is 5.22. The molecule has 27 heavy (non-hydrogen) atoms. The highest BCUT2D eigenvalue weighted by atomic mass is 14.3. The maximum atomic E-state index is 8.63. The van der Waals surface area contributed by atoms with Gasteiger partial charge in [0, 0.05) is 6.08 Å². The fourth-order valence-electron chi connectivity index (χ4n) is 4.42. The van der Waals surface area contributed by atoms with Gasteiger partial charge in [0.2, 0.25) is 0 Å². The van der Waals surface area contributed by atoms with Gasteiger partial charge in [-0.25, -0.2) is 0 Å². The first kappa shape index (κ1) is 21.7. The lowest BCUT2D eigenvalue weighted by molar-refractivity contribution is 0.289. The largest absolute Gasteiger partial charge is 0.193 e. The second kappa shape index (κ2) is 13.6. The minimum atomic E-state index is 0.658. The average molecular weight is 366 g/mol. The molecule has 1 fully saturated rings. The molecule has 0 bridgehead atoms. The SMILES string of the molecule is CCCCCCCc1ccc(CCCC[C@H]2CC[C@H](/C=C/C#N)CC2)cc1. The normalized spacial score (nSPS) is 20.0. The van der Waals surface area contributed by atoms with Crippen molar-refractivity contribution in [3.63, 3.8) is 0 Å². The van der Waals surface area contributed by atoms with Gasteiger partial charge in [0.15, 0.2) is 0 Å². The highest BCUT2D eigenvalue weighted by Gasteiger charge is 2.18. The van der Waals surface area contributed by atoms with Crippen LogP contribution in [0.15, 0.2) is 36.4 Å². The molecule has 0 unspecified atom stereocenters. The van der Waals surface area contributed by atoms with Gasteiger partial charge in [-0.15, -0.1) is 0 Å². The summed E-state index contributed by atoms with van der Waals surface area (Å²) >= 11 is 0. The van der Waals surface area contributed by atoms with E-state index in [-0.39, 0.29) is 0 Å². The van der Waals surface area contributed by atoms with Gasteiger partial charge in [0.1, 0.15) is 0 Å². The third-order valence-electron chi connectivity index (χ3n) is 6.25. The summed E-state index contributed by atoms with van der Waals surface area (Å²) < 4.78 is 0. The van der Waals surface area contributed by atoms with Crippen molar-refractivity contribution in [2.45, 2.75) is 96.8 Å². The van der Waals surface area contributed by atoms with E-state index in [4.69, 9.17) is 5.26 Å². The zero-order valence-electron chi connectivity index (χ0n) is 17.5. The Labute approximate surface area is 167 Å². The summed E-state index contributed by atoms with van der Waals surface area (Å²) in [4.78, 5) is 0. The minimum Gasteiger partial charge on any atom is -0.193 e. The van der Waals surface area contributed by atoms with Crippen LogP contribution < -0.4 is 0 Å². The fraction of sp³-hybridized carbons (Fsp3) is 0.654. The van der Waals surface area contributed by atoms with E-state index in [1.807, 2.05) is 0 Å². The maximum Gasteiger partial charge on any atom is 0.0908 e. The van der Waals surface area contributed by atoms with Crippen LogP contribution >= 0.6 is 0 Å². The number of hydrogen-bond acceptors (Lipinski definition) is 1. The third kappa shape index (κ3) is 9.28. The van der Waals surface area contributed by atoms with Crippen LogP contribution in [0, 0.1) is 23.2 Å².